The van der Waals surface area contributed by atoms with E-state index in [-0.39, 0.29) is 28.5 Å². The number of ether oxygens (including phenoxy) is 2. The van der Waals surface area contributed by atoms with E-state index >= 15 is 0 Å². The second kappa shape index (κ2) is 6.55. The van der Waals surface area contributed by atoms with Crippen molar-refractivity contribution in [1.29, 1.82) is 0 Å². The summed E-state index contributed by atoms with van der Waals surface area (Å²) in [6.45, 7) is -0.0266. The Labute approximate surface area is 154 Å². The zero-order chi connectivity index (χ0) is 19.0. The van der Waals surface area contributed by atoms with Crippen LogP contribution in [-0.4, -0.2) is 15.2 Å². The van der Waals surface area contributed by atoms with Gasteiger partial charge in [-0.05, 0) is 35.9 Å². The Morgan fingerprint density at radius 3 is 2.15 bits per heavy atom. The van der Waals surface area contributed by atoms with Crippen molar-refractivity contribution in [2.24, 2.45) is 0 Å². The van der Waals surface area contributed by atoms with Crippen LogP contribution in [-0.2, 0) is 10.0 Å². The third kappa shape index (κ3) is 3.43. The molecule has 0 unspecified atom stereocenters. The Kier molecular flexibility index (Phi) is 4.19. The number of sulfonamides is 1. The summed E-state index contributed by atoms with van der Waals surface area (Å²) >= 11 is 0. The first kappa shape index (κ1) is 17.3. The SMILES string of the molecule is O=S(=O)(Nc1cc2c(cc1-c1cc(F)cc(F)c1)OCO2)c1ccccc1. The predicted octanol–water partition coefficient (Wildman–Crippen LogP) is 4.16. The van der Waals surface area contributed by atoms with Gasteiger partial charge in [0.25, 0.3) is 10.0 Å². The van der Waals surface area contributed by atoms with Crippen molar-refractivity contribution in [3.05, 3.63) is 72.3 Å². The van der Waals surface area contributed by atoms with E-state index in [1.165, 1.54) is 24.3 Å². The number of fused-ring (bicyclic) bond motifs is 1. The fourth-order valence-electron chi connectivity index (χ4n) is 2.78. The van der Waals surface area contributed by atoms with Gasteiger partial charge in [-0.2, -0.15) is 0 Å². The van der Waals surface area contributed by atoms with E-state index in [9.17, 15) is 17.2 Å². The largest absolute Gasteiger partial charge is 0.454 e. The van der Waals surface area contributed by atoms with Gasteiger partial charge in [0, 0.05) is 17.7 Å². The quantitative estimate of drug-likeness (QED) is 0.728. The van der Waals surface area contributed by atoms with E-state index in [1.807, 2.05) is 0 Å². The third-order valence-corrected chi connectivity index (χ3v) is 5.37. The van der Waals surface area contributed by atoms with Crippen molar-refractivity contribution < 1.29 is 26.7 Å². The minimum atomic E-state index is -3.92. The summed E-state index contributed by atoms with van der Waals surface area (Å²) in [6.07, 6.45) is 0. The Morgan fingerprint density at radius 1 is 0.852 bits per heavy atom. The molecule has 0 aromatic heterocycles. The summed E-state index contributed by atoms with van der Waals surface area (Å²) in [5.74, 6) is -0.863. The molecule has 8 heteroatoms. The van der Waals surface area contributed by atoms with Gasteiger partial charge < -0.3 is 9.47 Å². The number of rotatable bonds is 4. The van der Waals surface area contributed by atoms with Crippen molar-refractivity contribution in [2.45, 2.75) is 4.90 Å². The van der Waals surface area contributed by atoms with Crippen LogP contribution in [0.4, 0.5) is 14.5 Å². The Hall–Kier alpha value is -3.13. The first-order valence-corrected chi connectivity index (χ1v) is 9.39. The van der Waals surface area contributed by atoms with Crippen LogP contribution >= 0.6 is 0 Å². The Bertz CT molecular complexity index is 1100. The summed E-state index contributed by atoms with van der Waals surface area (Å²) in [6, 6.07) is 13.6. The monoisotopic (exact) mass is 389 g/mol. The molecule has 0 saturated heterocycles. The highest BCUT2D eigenvalue weighted by Gasteiger charge is 2.22. The minimum absolute atomic E-state index is 0.0266. The van der Waals surface area contributed by atoms with Crippen molar-refractivity contribution >= 4 is 15.7 Å². The molecule has 0 fully saturated rings. The lowest BCUT2D eigenvalue weighted by atomic mass is 10.0. The molecule has 0 bridgehead atoms. The fraction of sp³-hybridized carbons (Fsp3) is 0.0526. The number of anilines is 1. The number of benzene rings is 3. The van der Waals surface area contributed by atoms with Crippen molar-refractivity contribution in [1.82, 2.24) is 0 Å². The molecule has 0 saturated carbocycles. The number of hydrogen-bond donors (Lipinski definition) is 1. The molecule has 4 rings (SSSR count). The van der Waals surface area contributed by atoms with Crippen LogP contribution in [0.1, 0.15) is 0 Å². The molecule has 3 aromatic rings. The molecular weight excluding hydrogens is 376 g/mol. The molecule has 0 spiro atoms. The van der Waals surface area contributed by atoms with Crippen molar-refractivity contribution in [3.63, 3.8) is 0 Å². The van der Waals surface area contributed by atoms with Gasteiger partial charge in [-0.15, -0.1) is 0 Å². The summed E-state index contributed by atoms with van der Waals surface area (Å²) in [5, 5.41) is 0. The molecule has 3 aromatic carbocycles. The highest BCUT2D eigenvalue weighted by Crippen LogP contribution is 2.42. The van der Waals surface area contributed by atoms with E-state index in [2.05, 4.69) is 4.72 Å². The first-order valence-electron chi connectivity index (χ1n) is 7.90. The van der Waals surface area contributed by atoms with Crippen LogP contribution in [0.5, 0.6) is 11.5 Å². The van der Waals surface area contributed by atoms with Gasteiger partial charge >= 0.3 is 0 Å². The molecule has 0 amide bonds. The lowest BCUT2D eigenvalue weighted by Gasteiger charge is -2.14. The molecule has 1 aliphatic rings. The Morgan fingerprint density at radius 2 is 1.48 bits per heavy atom. The van der Waals surface area contributed by atoms with Gasteiger partial charge in [0.1, 0.15) is 11.6 Å². The average Bonchev–Trinajstić information content (AvgIpc) is 3.08. The zero-order valence-corrected chi connectivity index (χ0v) is 14.6. The molecule has 5 nitrogen and oxygen atoms in total. The van der Waals surface area contributed by atoms with Crippen LogP contribution in [0.25, 0.3) is 11.1 Å². The molecule has 1 heterocycles. The van der Waals surface area contributed by atoms with E-state index in [1.54, 1.807) is 18.2 Å². The summed E-state index contributed by atoms with van der Waals surface area (Å²) in [4.78, 5) is 0.0547. The van der Waals surface area contributed by atoms with Gasteiger partial charge in [0.2, 0.25) is 6.79 Å². The number of nitrogens with one attached hydrogen (secondary N) is 1. The number of hydrogen-bond acceptors (Lipinski definition) is 4. The van der Waals surface area contributed by atoms with Crippen molar-refractivity contribution in [2.75, 3.05) is 11.5 Å². The summed E-state index contributed by atoms with van der Waals surface area (Å²) in [7, 11) is -3.92. The zero-order valence-electron chi connectivity index (χ0n) is 13.8. The highest BCUT2D eigenvalue weighted by molar-refractivity contribution is 7.92. The lowest BCUT2D eigenvalue weighted by molar-refractivity contribution is 0.174. The highest BCUT2D eigenvalue weighted by atomic mass is 32.2. The van der Waals surface area contributed by atoms with E-state index in [4.69, 9.17) is 9.47 Å². The molecule has 138 valence electrons. The van der Waals surface area contributed by atoms with E-state index in [0.29, 0.717) is 11.5 Å². The maximum Gasteiger partial charge on any atom is 0.261 e. The van der Waals surface area contributed by atoms with E-state index < -0.39 is 21.7 Å². The van der Waals surface area contributed by atoms with Crippen LogP contribution in [0.2, 0.25) is 0 Å². The lowest BCUT2D eigenvalue weighted by Crippen LogP contribution is -2.13. The normalized spacial score (nSPS) is 12.8. The van der Waals surface area contributed by atoms with Gasteiger partial charge in [0.05, 0.1) is 10.6 Å². The topological polar surface area (TPSA) is 64.6 Å². The molecule has 1 N–H and O–H groups in total. The van der Waals surface area contributed by atoms with Gasteiger partial charge in [-0.25, -0.2) is 17.2 Å². The van der Waals surface area contributed by atoms with Gasteiger partial charge in [0.15, 0.2) is 11.5 Å². The molecule has 0 atom stereocenters. The standard InChI is InChI=1S/C19H13F2NO4S/c20-13-6-12(7-14(21)8-13)16-9-18-19(26-11-25-18)10-17(16)22-27(23,24)15-4-2-1-3-5-15/h1-10,22H,11H2. The minimum Gasteiger partial charge on any atom is -0.454 e. The molecular formula is C19H13F2NO4S. The second-order valence-corrected chi connectivity index (χ2v) is 7.51. The maximum absolute atomic E-state index is 13.7. The fourth-order valence-corrected chi connectivity index (χ4v) is 3.87. The second-order valence-electron chi connectivity index (χ2n) is 5.83. The van der Waals surface area contributed by atoms with Crippen LogP contribution in [0.3, 0.4) is 0 Å². The van der Waals surface area contributed by atoms with Crippen LogP contribution < -0.4 is 14.2 Å². The first-order chi connectivity index (χ1) is 12.9. The van der Waals surface area contributed by atoms with Gasteiger partial charge in [-0.1, -0.05) is 18.2 Å². The smallest absolute Gasteiger partial charge is 0.261 e. The molecule has 1 aliphatic heterocycles. The maximum atomic E-state index is 13.7. The van der Waals surface area contributed by atoms with Crippen LogP contribution in [0.15, 0.2) is 65.6 Å². The molecule has 27 heavy (non-hydrogen) atoms. The van der Waals surface area contributed by atoms with Gasteiger partial charge in [-0.3, -0.25) is 4.72 Å². The van der Waals surface area contributed by atoms with Crippen molar-refractivity contribution in [3.8, 4) is 22.6 Å². The van der Waals surface area contributed by atoms with Crippen LogP contribution in [0, 0.1) is 11.6 Å². The molecule has 0 radical (unpaired) electrons. The predicted molar refractivity (Wildman–Crippen MR) is 95.2 cm³/mol. The summed E-state index contributed by atoms with van der Waals surface area (Å²) < 4.78 is 65.8. The average molecular weight is 389 g/mol. The summed E-state index contributed by atoms with van der Waals surface area (Å²) in [5.41, 5.74) is 0.543. The number of halogens is 2. The Balaban J connectivity index is 1.85. The van der Waals surface area contributed by atoms with E-state index in [0.717, 1.165) is 18.2 Å². The third-order valence-electron chi connectivity index (χ3n) is 3.98. The molecule has 0 aliphatic carbocycles.